The van der Waals surface area contributed by atoms with Crippen LogP contribution in [0.4, 0.5) is 0 Å². The molecule has 46 heavy (non-hydrogen) atoms. The summed E-state index contributed by atoms with van der Waals surface area (Å²) in [4.78, 5) is 0. The summed E-state index contributed by atoms with van der Waals surface area (Å²) in [6.45, 7) is 13.7. The second-order valence-corrected chi connectivity index (χ2v) is 10.7. The highest BCUT2D eigenvalue weighted by Gasteiger charge is 2.16. The normalized spacial score (nSPS) is 11.3. The van der Waals surface area contributed by atoms with Crippen molar-refractivity contribution in [1.82, 2.24) is 10.6 Å². The lowest BCUT2D eigenvalue weighted by Gasteiger charge is -2.22. The van der Waals surface area contributed by atoms with Crippen molar-refractivity contribution in [1.29, 1.82) is 0 Å². The average Bonchev–Trinajstić information content (AvgIpc) is 3.11. The summed E-state index contributed by atoms with van der Waals surface area (Å²) >= 11 is 0. The number of ether oxygens (including phenoxy) is 4. The first-order valence-electron chi connectivity index (χ1n) is 16.8. The largest absolute Gasteiger partial charge is 0.352 e. The Morgan fingerprint density at radius 2 is 0.609 bits per heavy atom. The van der Waals surface area contributed by atoms with Gasteiger partial charge in [0.25, 0.3) is 0 Å². The monoisotopic (exact) mass is 626 g/mol. The lowest BCUT2D eigenvalue weighted by Crippen LogP contribution is -2.34. The SMILES string of the molecule is CCOC(CNCC(c1ccccc1)c1ccccc1)OCC.CCOC(CNCC(c1ccccc1)c1ccccc1)OCC. The van der Waals surface area contributed by atoms with Crippen molar-refractivity contribution < 1.29 is 18.9 Å². The summed E-state index contributed by atoms with van der Waals surface area (Å²) in [6, 6.07) is 42.4. The fraction of sp³-hybridized carbons (Fsp3) is 0.400. The predicted octanol–water partition coefficient (Wildman–Crippen LogP) is 7.61. The van der Waals surface area contributed by atoms with Gasteiger partial charge in [0, 0.05) is 64.4 Å². The smallest absolute Gasteiger partial charge is 0.169 e. The third kappa shape index (κ3) is 13.6. The van der Waals surface area contributed by atoms with Gasteiger partial charge in [-0.2, -0.15) is 0 Å². The number of hydrogen-bond donors (Lipinski definition) is 2. The van der Waals surface area contributed by atoms with Crippen molar-refractivity contribution in [2.45, 2.75) is 52.1 Å². The first kappa shape index (κ1) is 37.1. The Balaban J connectivity index is 0.000000250. The quantitative estimate of drug-likeness (QED) is 0.0985. The van der Waals surface area contributed by atoms with Gasteiger partial charge >= 0.3 is 0 Å². The van der Waals surface area contributed by atoms with Crippen LogP contribution in [0.3, 0.4) is 0 Å². The summed E-state index contributed by atoms with van der Waals surface area (Å²) in [5, 5.41) is 7.00. The van der Waals surface area contributed by atoms with Gasteiger partial charge in [-0.05, 0) is 49.9 Å². The summed E-state index contributed by atoms with van der Waals surface area (Å²) in [5.41, 5.74) is 5.26. The van der Waals surface area contributed by atoms with Crippen molar-refractivity contribution in [2.75, 3.05) is 52.6 Å². The maximum absolute atomic E-state index is 5.59. The van der Waals surface area contributed by atoms with Gasteiger partial charge in [-0.25, -0.2) is 0 Å². The van der Waals surface area contributed by atoms with Crippen LogP contribution in [-0.2, 0) is 18.9 Å². The van der Waals surface area contributed by atoms with Crippen LogP contribution in [0.5, 0.6) is 0 Å². The van der Waals surface area contributed by atoms with Gasteiger partial charge in [-0.15, -0.1) is 0 Å². The third-order valence-corrected chi connectivity index (χ3v) is 7.54. The second-order valence-electron chi connectivity index (χ2n) is 10.7. The molecule has 0 aliphatic carbocycles. The van der Waals surface area contributed by atoms with Crippen molar-refractivity contribution in [3.8, 4) is 0 Å². The number of rotatable bonds is 20. The molecule has 4 aromatic carbocycles. The summed E-state index contributed by atoms with van der Waals surface area (Å²) in [7, 11) is 0. The average molecular weight is 627 g/mol. The summed E-state index contributed by atoms with van der Waals surface area (Å²) < 4.78 is 22.4. The Kier molecular flexibility index (Phi) is 18.6. The molecule has 0 aliphatic heterocycles. The molecule has 0 amide bonds. The van der Waals surface area contributed by atoms with Gasteiger partial charge in [-0.1, -0.05) is 121 Å². The molecule has 0 spiro atoms. The molecule has 4 aromatic rings. The highest BCUT2D eigenvalue weighted by molar-refractivity contribution is 5.34. The highest BCUT2D eigenvalue weighted by atomic mass is 16.7. The molecule has 0 aromatic heterocycles. The Morgan fingerprint density at radius 3 is 0.826 bits per heavy atom. The zero-order chi connectivity index (χ0) is 32.7. The van der Waals surface area contributed by atoms with Crippen molar-refractivity contribution >= 4 is 0 Å². The van der Waals surface area contributed by atoms with E-state index in [1.165, 1.54) is 22.3 Å². The number of benzene rings is 4. The van der Waals surface area contributed by atoms with Crippen molar-refractivity contribution in [3.05, 3.63) is 144 Å². The Labute approximate surface area is 277 Å². The van der Waals surface area contributed by atoms with Crippen LogP contribution < -0.4 is 10.6 Å². The van der Waals surface area contributed by atoms with E-state index in [1.54, 1.807) is 0 Å². The van der Waals surface area contributed by atoms with Crippen LogP contribution in [0.1, 0.15) is 61.8 Å². The Morgan fingerprint density at radius 1 is 0.370 bits per heavy atom. The van der Waals surface area contributed by atoms with Crippen molar-refractivity contribution in [3.63, 3.8) is 0 Å². The fourth-order valence-electron chi connectivity index (χ4n) is 5.36. The van der Waals surface area contributed by atoms with Crippen LogP contribution in [-0.4, -0.2) is 65.2 Å². The van der Waals surface area contributed by atoms with E-state index in [0.717, 1.165) is 13.1 Å². The molecular weight excluding hydrogens is 572 g/mol. The molecule has 0 atom stereocenters. The minimum atomic E-state index is -0.183. The summed E-state index contributed by atoms with van der Waals surface area (Å²) in [5.74, 6) is 0.641. The molecule has 0 unspecified atom stereocenters. The van der Waals surface area contributed by atoms with Crippen LogP contribution in [0, 0.1) is 0 Å². The first-order valence-corrected chi connectivity index (χ1v) is 16.8. The van der Waals surface area contributed by atoms with E-state index in [0.29, 0.717) is 51.4 Å². The predicted molar refractivity (Wildman–Crippen MR) is 189 cm³/mol. The molecule has 0 saturated carbocycles. The van der Waals surface area contributed by atoms with Crippen LogP contribution in [0.15, 0.2) is 121 Å². The van der Waals surface area contributed by atoms with Gasteiger partial charge in [0.2, 0.25) is 0 Å². The maximum Gasteiger partial charge on any atom is 0.169 e. The minimum absolute atomic E-state index is 0.183. The molecule has 0 bridgehead atoms. The zero-order valence-electron chi connectivity index (χ0n) is 28.1. The highest BCUT2D eigenvalue weighted by Crippen LogP contribution is 2.24. The van der Waals surface area contributed by atoms with E-state index >= 15 is 0 Å². The molecule has 0 heterocycles. The van der Waals surface area contributed by atoms with E-state index in [4.69, 9.17) is 18.9 Å². The van der Waals surface area contributed by atoms with E-state index < -0.39 is 0 Å². The number of nitrogens with one attached hydrogen (secondary N) is 2. The molecule has 0 fully saturated rings. The lowest BCUT2D eigenvalue weighted by atomic mass is 9.91. The topological polar surface area (TPSA) is 61.0 Å². The van der Waals surface area contributed by atoms with E-state index in [9.17, 15) is 0 Å². The standard InChI is InChI=1S/2C20H27NO2/c2*1-3-22-20(23-4-2)16-21-15-19(17-11-7-5-8-12-17)18-13-9-6-10-14-18/h2*5-14,19-21H,3-4,15-16H2,1-2H3. The fourth-order valence-corrected chi connectivity index (χ4v) is 5.36. The lowest BCUT2D eigenvalue weighted by molar-refractivity contribution is -0.133. The van der Waals surface area contributed by atoms with E-state index in [-0.39, 0.29) is 12.6 Å². The van der Waals surface area contributed by atoms with Gasteiger partial charge in [0.1, 0.15) is 0 Å². The van der Waals surface area contributed by atoms with Crippen LogP contribution >= 0.6 is 0 Å². The molecule has 0 aliphatic rings. The van der Waals surface area contributed by atoms with Gasteiger partial charge < -0.3 is 29.6 Å². The molecule has 0 saturated heterocycles. The molecular formula is C40H54N2O4. The Hall–Kier alpha value is -3.36. The molecule has 6 heteroatoms. The molecule has 6 nitrogen and oxygen atoms in total. The molecule has 248 valence electrons. The second kappa shape index (κ2) is 23.0. The zero-order valence-corrected chi connectivity index (χ0v) is 28.1. The van der Waals surface area contributed by atoms with Gasteiger partial charge in [-0.3, -0.25) is 0 Å². The van der Waals surface area contributed by atoms with E-state index in [1.807, 2.05) is 27.7 Å². The van der Waals surface area contributed by atoms with Gasteiger partial charge in [0.15, 0.2) is 12.6 Å². The third-order valence-electron chi connectivity index (χ3n) is 7.54. The maximum atomic E-state index is 5.59. The van der Waals surface area contributed by atoms with Crippen LogP contribution in [0.25, 0.3) is 0 Å². The van der Waals surface area contributed by atoms with E-state index in [2.05, 4.69) is 132 Å². The minimum Gasteiger partial charge on any atom is -0.352 e. The molecule has 4 rings (SSSR count). The Bertz CT molecular complexity index is 1070. The summed E-state index contributed by atoms with van der Waals surface area (Å²) in [6.07, 6.45) is -0.366. The number of hydrogen-bond acceptors (Lipinski definition) is 6. The van der Waals surface area contributed by atoms with Crippen molar-refractivity contribution in [2.24, 2.45) is 0 Å². The molecule has 0 radical (unpaired) electrons. The molecule has 2 N–H and O–H groups in total. The van der Waals surface area contributed by atoms with Gasteiger partial charge in [0.05, 0.1) is 0 Å². The van der Waals surface area contributed by atoms with Crippen LogP contribution in [0.2, 0.25) is 0 Å². The first-order chi connectivity index (χ1) is 22.7.